The molecule has 2 N–H and O–H groups in total. The molecule has 0 saturated carbocycles. The van der Waals surface area contributed by atoms with Crippen LogP contribution in [-0.2, 0) is 9.53 Å². The van der Waals surface area contributed by atoms with Gasteiger partial charge in [0.1, 0.15) is 5.75 Å². The fourth-order valence-electron chi connectivity index (χ4n) is 3.07. The van der Waals surface area contributed by atoms with Gasteiger partial charge in [-0.25, -0.2) is 4.79 Å². The highest BCUT2D eigenvalue weighted by molar-refractivity contribution is 9.11. The Morgan fingerprint density at radius 2 is 1.93 bits per heavy atom. The van der Waals surface area contributed by atoms with Crippen molar-refractivity contribution >= 4 is 60.9 Å². The molecule has 1 atom stereocenters. The van der Waals surface area contributed by atoms with E-state index in [2.05, 4.69) is 42.5 Å². The van der Waals surface area contributed by atoms with Crippen molar-refractivity contribution in [1.29, 1.82) is 0 Å². The molecule has 1 aliphatic rings. The van der Waals surface area contributed by atoms with Gasteiger partial charge in [0.2, 0.25) is 0 Å². The number of rotatable bonds is 5. The second-order valence-electron chi connectivity index (χ2n) is 5.92. The monoisotopic (exact) mass is 524 g/mol. The largest absolute Gasteiger partial charge is 0.495 e. The fraction of sp³-hybridized carbons (Fsp3) is 0.200. The summed E-state index contributed by atoms with van der Waals surface area (Å²) < 4.78 is 12.6. The van der Waals surface area contributed by atoms with Gasteiger partial charge in [-0.2, -0.15) is 0 Å². The van der Waals surface area contributed by atoms with Crippen molar-refractivity contribution in [2.75, 3.05) is 13.7 Å². The van der Waals surface area contributed by atoms with Crippen LogP contribution in [0.25, 0.3) is 5.70 Å². The van der Waals surface area contributed by atoms with Crippen LogP contribution in [0.2, 0.25) is 0 Å². The van der Waals surface area contributed by atoms with E-state index in [1.165, 1.54) is 0 Å². The van der Waals surface area contributed by atoms with E-state index in [9.17, 15) is 4.79 Å². The lowest BCUT2D eigenvalue weighted by molar-refractivity contribution is -0.138. The molecule has 0 amide bonds. The molecule has 2 aromatic rings. The topological polar surface area (TPSA) is 59.6 Å². The lowest BCUT2D eigenvalue weighted by atomic mass is 9.92. The van der Waals surface area contributed by atoms with Gasteiger partial charge < -0.3 is 20.1 Å². The number of hydrogen-bond donors (Lipinski definition) is 2. The van der Waals surface area contributed by atoms with Gasteiger partial charge in [-0.05, 0) is 52.8 Å². The fourth-order valence-corrected chi connectivity index (χ4v) is 4.71. The molecular formula is C20H18Br2N2O3S. The zero-order valence-electron chi connectivity index (χ0n) is 15.2. The maximum Gasteiger partial charge on any atom is 0.338 e. The maximum absolute atomic E-state index is 13.0. The SMILES string of the molecule is CCOC(=O)C1=C(c2ccccc2)NC(=S)N[C@@H]1c1cc(Br)cc(Br)c1OC. The molecule has 5 nitrogen and oxygen atoms in total. The standard InChI is InChI=1S/C20H18Br2N2O3S/c1-3-27-19(25)15-16(11-7-5-4-6-8-11)23-20(28)24-17(15)13-9-12(21)10-14(22)18(13)26-2/h4-10,17H,3H2,1-2H3,(H2,23,24,28)/t17-/m1/s1. The number of nitrogens with one attached hydrogen (secondary N) is 2. The van der Waals surface area contributed by atoms with E-state index in [-0.39, 0.29) is 6.61 Å². The number of halogens is 2. The van der Waals surface area contributed by atoms with Gasteiger partial charge in [-0.1, -0.05) is 46.3 Å². The van der Waals surface area contributed by atoms with Crippen molar-refractivity contribution < 1.29 is 14.3 Å². The molecule has 2 aromatic carbocycles. The Morgan fingerprint density at radius 1 is 1.21 bits per heavy atom. The molecule has 1 aliphatic heterocycles. The summed E-state index contributed by atoms with van der Waals surface area (Å²) in [5.74, 6) is 0.187. The molecule has 28 heavy (non-hydrogen) atoms. The molecule has 0 bridgehead atoms. The average molecular weight is 526 g/mol. The molecule has 0 spiro atoms. The number of carbonyl (C=O) groups is 1. The Hall–Kier alpha value is -1.90. The molecule has 8 heteroatoms. The predicted molar refractivity (Wildman–Crippen MR) is 120 cm³/mol. The van der Waals surface area contributed by atoms with Gasteiger partial charge in [0.15, 0.2) is 5.11 Å². The third-order valence-corrected chi connectivity index (χ3v) is 5.45. The molecule has 146 valence electrons. The van der Waals surface area contributed by atoms with Gasteiger partial charge in [-0.15, -0.1) is 0 Å². The van der Waals surface area contributed by atoms with Gasteiger partial charge >= 0.3 is 5.97 Å². The van der Waals surface area contributed by atoms with E-state index in [4.69, 9.17) is 21.7 Å². The Balaban J connectivity index is 2.27. The summed E-state index contributed by atoms with van der Waals surface area (Å²) in [5, 5.41) is 6.73. The van der Waals surface area contributed by atoms with Gasteiger partial charge in [-0.3, -0.25) is 0 Å². The maximum atomic E-state index is 13.0. The van der Waals surface area contributed by atoms with Crippen LogP contribution in [0.3, 0.4) is 0 Å². The quantitative estimate of drug-likeness (QED) is 0.435. The lowest BCUT2D eigenvalue weighted by Gasteiger charge is -2.32. The zero-order chi connectivity index (χ0) is 20.3. The van der Waals surface area contributed by atoms with Crippen molar-refractivity contribution in [3.8, 4) is 5.75 Å². The summed E-state index contributed by atoms with van der Waals surface area (Å²) in [6, 6.07) is 12.8. The van der Waals surface area contributed by atoms with Crippen LogP contribution in [-0.4, -0.2) is 24.8 Å². The zero-order valence-corrected chi connectivity index (χ0v) is 19.2. The minimum atomic E-state index is -0.549. The molecule has 0 unspecified atom stereocenters. The molecule has 3 rings (SSSR count). The van der Waals surface area contributed by atoms with Crippen LogP contribution in [0.4, 0.5) is 0 Å². The van der Waals surface area contributed by atoms with Crippen molar-refractivity contribution in [1.82, 2.24) is 10.6 Å². The molecular weight excluding hydrogens is 508 g/mol. The van der Waals surface area contributed by atoms with Crippen molar-refractivity contribution in [2.24, 2.45) is 0 Å². The number of esters is 1. The number of methoxy groups -OCH3 is 1. The van der Waals surface area contributed by atoms with Crippen LogP contribution >= 0.6 is 44.1 Å². The Labute approximate surface area is 185 Å². The molecule has 1 heterocycles. The first-order chi connectivity index (χ1) is 13.5. The molecule has 0 aliphatic carbocycles. The van der Waals surface area contributed by atoms with E-state index >= 15 is 0 Å². The Bertz CT molecular complexity index is 948. The van der Waals surface area contributed by atoms with Crippen molar-refractivity contribution in [3.05, 3.63) is 68.1 Å². The summed E-state index contributed by atoms with van der Waals surface area (Å²) in [5.41, 5.74) is 2.65. The molecule has 0 aromatic heterocycles. The number of hydrogen-bond acceptors (Lipinski definition) is 4. The normalized spacial score (nSPS) is 16.3. The van der Waals surface area contributed by atoms with Crippen molar-refractivity contribution in [2.45, 2.75) is 13.0 Å². The highest BCUT2D eigenvalue weighted by Crippen LogP contribution is 2.41. The predicted octanol–water partition coefficient (Wildman–Crippen LogP) is 4.71. The summed E-state index contributed by atoms with van der Waals surface area (Å²) in [4.78, 5) is 13.0. The summed E-state index contributed by atoms with van der Waals surface area (Å²) in [7, 11) is 1.59. The third-order valence-electron chi connectivity index (χ3n) is 4.18. The van der Waals surface area contributed by atoms with Gasteiger partial charge in [0, 0.05) is 10.0 Å². The number of thiocarbonyl (C=S) groups is 1. The van der Waals surface area contributed by atoms with E-state index in [1.807, 2.05) is 42.5 Å². The molecule has 0 saturated heterocycles. The second kappa shape index (κ2) is 9.07. The van der Waals surface area contributed by atoms with E-state index in [0.717, 1.165) is 20.1 Å². The molecule has 0 fully saturated rings. The van der Waals surface area contributed by atoms with Gasteiger partial charge in [0.25, 0.3) is 0 Å². The lowest BCUT2D eigenvalue weighted by Crippen LogP contribution is -2.45. The van der Waals surface area contributed by atoms with Crippen molar-refractivity contribution in [3.63, 3.8) is 0 Å². The number of ether oxygens (including phenoxy) is 2. The highest BCUT2D eigenvalue weighted by Gasteiger charge is 2.35. The van der Waals surface area contributed by atoms with Crippen LogP contribution in [0.5, 0.6) is 5.75 Å². The first-order valence-corrected chi connectivity index (χ1v) is 10.5. The Morgan fingerprint density at radius 3 is 2.57 bits per heavy atom. The average Bonchev–Trinajstić information content (AvgIpc) is 2.67. The first kappa shape index (κ1) is 20.8. The van der Waals surface area contributed by atoms with Crippen LogP contribution in [0, 0.1) is 0 Å². The van der Waals surface area contributed by atoms with Crippen LogP contribution in [0.1, 0.15) is 24.1 Å². The van der Waals surface area contributed by atoms with E-state index in [1.54, 1.807) is 14.0 Å². The van der Waals surface area contributed by atoms with Crippen LogP contribution in [0.15, 0.2) is 57.0 Å². The summed E-state index contributed by atoms with van der Waals surface area (Å²) >= 11 is 12.5. The number of carbonyl (C=O) groups excluding carboxylic acids is 1. The smallest absolute Gasteiger partial charge is 0.338 e. The van der Waals surface area contributed by atoms with Crippen LogP contribution < -0.4 is 15.4 Å². The van der Waals surface area contributed by atoms with Gasteiger partial charge in [0.05, 0.1) is 35.5 Å². The van der Waals surface area contributed by atoms with E-state index in [0.29, 0.717) is 22.1 Å². The minimum absolute atomic E-state index is 0.265. The Kier molecular flexibility index (Phi) is 6.74. The summed E-state index contributed by atoms with van der Waals surface area (Å²) in [6.07, 6.45) is 0. The second-order valence-corrected chi connectivity index (χ2v) is 8.09. The van der Waals surface area contributed by atoms with E-state index < -0.39 is 12.0 Å². The first-order valence-electron chi connectivity index (χ1n) is 8.53. The highest BCUT2D eigenvalue weighted by atomic mass is 79.9. The summed E-state index contributed by atoms with van der Waals surface area (Å²) in [6.45, 7) is 2.04. The molecule has 0 radical (unpaired) electrons. The minimum Gasteiger partial charge on any atom is -0.495 e. The number of benzene rings is 2. The third kappa shape index (κ3) is 4.24.